The summed E-state index contributed by atoms with van der Waals surface area (Å²) >= 11 is 11.0. The molecule has 2 unspecified atom stereocenters. The van der Waals surface area contributed by atoms with Crippen molar-refractivity contribution in [1.82, 2.24) is 24.7 Å². The van der Waals surface area contributed by atoms with Gasteiger partial charge < -0.3 is 5.11 Å². The van der Waals surface area contributed by atoms with Crippen molar-refractivity contribution in [1.29, 1.82) is 0 Å². The molecule has 0 aromatic carbocycles. The van der Waals surface area contributed by atoms with Gasteiger partial charge in [0.25, 0.3) is 0 Å². The molecule has 1 fully saturated rings. The van der Waals surface area contributed by atoms with Crippen molar-refractivity contribution in [3.8, 4) is 0 Å². The van der Waals surface area contributed by atoms with E-state index in [2.05, 4.69) is 33.9 Å². The molecule has 2 atom stereocenters. The Morgan fingerprint density at radius 1 is 1.39 bits per heavy atom. The van der Waals surface area contributed by atoms with Gasteiger partial charge in [-0.05, 0) is 36.4 Å². The first kappa shape index (κ1) is 16.5. The lowest BCUT2D eigenvalue weighted by atomic mass is 9.73. The summed E-state index contributed by atoms with van der Waals surface area (Å²) in [5.74, 6) is 0.743. The van der Waals surface area contributed by atoms with Gasteiger partial charge in [0.2, 0.25) is 4.77 Å². The topological polar surface area (TPSA) is 79.6 Å². The highest BCUT2D eigenvalue weighted by Crippen LogP contribution is 2.51. The first-order valence-corrected chi connectivity index (χ1v) is 8.39. The van der Waals surface area contributed by atoms with Crippen LogP contribution in [-0.2, 0) is 13.0 Å². The van der Waals surface area contributed by atoms with Gasteiger partial charge >= 0.3 is 0 Å². The molecule has 3 rings (SSSR count). The van der Waals surface area contributed by atoms with E-state index < -0.39 is 5.60 Å². The Balaban J connectivity index is 1.88. The van der Waals surface area contributed by atoms with Crippen LogP contribution in [0.4, 0.5) is 0 Å². The zero-order valence-electron chi connectivity index (χ0n) is 13.2. The fourth-order valence-corrected chi connectivity index (χ4v) is 3.72. The summed E-state index contributed by atoms with van der Waals surface area (Å²) in [6.45, 7) is 4.57. The van der Waals surface area contributed by atoms with Gasteiger partial charge in [-0.15, -0.1) is 0 Å². The monoisotopic (exact) mass is 353 g/mol. The van der Waals surface area contributed by atoms with Crippen molar-refractivity contribution in [2.45, 2.75) is 45.3 Å². The quantitative estimate of drug-likeness (QED) is 0.826. The largest absolute Gasteiger partial charge is 0.387 e. The number of H-pyrrole nitrogens is 1. The molecule has 0 radical (unpaired) electrons. The summed E-state index contributed by atoms with van der Waals surface area (Å²) in [6.07, 6.45) is 7.19. The predicted octanol–water partition coefficient (Wildman–Crippen LogP) is 2.79. The first-order chi connectivity index (χ1) is 10.8. The molecule has 23 heavy (non-hydrogen) atoms. The second-order valence-electron chi connectivity index (χ2n) is 6.82. The van der Waals surface area contributed by atoms with Crippen molar-refractivity contribution < 1.29 is 5.11 Å². The summed E-state index contributed by atoms with van der Waals surface area (Å²) < 4.78 is 2.17. The van der Waals surface area contributed by atoms with Gasteiger partial charge in [-0.25, -0.2) is 15.0 Å². The maximum Gasteiger partial charge on any atom is 0.215 e. The van der Waals surface area contributed by atoms with E-state index in [1.165, 1.54) is 0 Å². The van der Waals surface area contributed by atoms with E-state index in [4.69, 9.17) is 23.8 Å². The van der Waals surface area contributed by atoms with Gasteiger partial charge in [0.1, 0.15) is 12.2 Å². The van der Waals surface area contributed by atoms with E-state index in [1.807, 2.05) is 0 Å². The Labute approximate surface area is 144 Å². The van der Waals surface area contributed by atoms with Crippen LogP contribution in [-0.4, -0.2) is 35.4 Å². The average Bonchev–Trinajstić information content (AvgIpc) is 2.98. The van der Waals surface area contributed by atoms with Gasteiger partial charge in [0, 0.05) is 18.8 Å². The Bertz CT molecular complexity index is 741. The summed E-state index contributed by atoms with van der Waals surface area (Å²) in [4.78, 5) is 12.6. The minimum Gasteiger partial charge on any atom is -0.387 e. The minimum atomic E-state index is -0.916. The molecule has 124 valence electrons. The molecule has 0 amide bonds. The Morgan fingerprint density at radius 3 is 2.70 bits per heavy atom. The second-order valence-corrected chi connectivity index (χ2v) is 7.62. The van der Waals surface area contributed by atoms with E-state index in [-0.39, 0.29) is 11.3 Å². The van der Waals surface area contributed by atoms with E-state index in [9.17, 15) is 5.11 Å². The normalized spacial score (nSPS) is 26.5. The van der Waals surface area contributed by atoms with Crippen LogP contribution in [0.25, 0.3) is 0 Å². The molecule has 6 nitrogen and oxygen atoms in total. The lowest BCUT2D eigenvalue weighted by Crippen LogP contribution is -2.49. The molecule has 1 aliphatic carbocycles. The molecule has 0 spiro atoms. The number of aliphatic hydroxyl groups is 1. The third kappa shape index (κ3) is 3.05. The maximum absolute atomic E-state index is 11.5. The molecule has 2 heterocycles. The van der Waals surface area contributed by atoms with Crippen molar-refractivity contribution >= 4 is 23.8 Å². The highest BCUT2D eigenvalue weighted by atomic mass is 35.5. The van der Waals surface area contributed by atoms with Crippen LogP contribution < -0.4 is 0 Å². The number of aromatic nitrogens is 5. The zero-order valence-corrected chi connectivity index (χ0v) is 14.7. The second kappa shape index (κ2) is 5.96. The van der Waals surface area contributed by atoms with Crippen molar-refractivity contribution in [2.24, 2.45) is 11.3 Å². The average molecular weight is 354 g/mol. The van der Waals surface area contributed by atoms with Crippen molar-refractivity contribution in [2.75, 3.05) is 0 Å². The molecule has 8 heteroatoms. The van der Waals surface area contributed by atoms with Gasteiger partial charge in [-0.2, -0.15) is 0 Å². The number of hydrogen-bond acceptors (Lipinski definition) is 5. The SMILES string of the molecule is CC1(C)CCC(Cc2ncc(Cl)cn2)C1(O)Cn1[nH]cnc1=S. The fraction of sp³-hybridized carbons (Fsp3) is 0.600. The molecule has 2 aromatic heterocycles. The third-order valence-corrected chi connectivity index (χ3v) is 5.61. The van der Waals surface area contributed by atoms with Crippen LogP contribution in [0.15, 0.2) is 18.7 Å². The highest BCUT2D eigenvalue weighted by Gasteiger charge is 2.54. The number of nitrogens with one attached hydrogen (secondary N) is 1. The van der Waals surface area contributed by atoms with E-state index in [0.29, 0.717) is 28.6 Å². The lowest BCUT2D eigenvalue weighted by molar-refractivity contribution is -0.0913. The number of aromatic amines is 1. The molecule has 0 bridgehead atoms. The summed E-state index contributed by atoms with van der Waals surface area (Å²) in [7, 11) is 0. The van der Waals surface area contributed by atoms with Crippen LogP contribution in [0.3, 0.4) is 0 Å². The fourth-order valence-electron chi connectivity index (χ4n) is 3.45. The highest BCUT2D eigenvalue weighted by molar-refractivity contribution is 7.71. The Hall–Kier alpha value is -1.31. The Kier molecular flexibility index (Phi) is 4.29. The zero-order chi connectivity index (χ0) is 16.7. The van der Waals surface area contributed by atoms with Crippen LogP contribution in [0, 0.1) is 16.1 Å². The molecule has 0 saturated heterocycles. The van der Waals surface area contributed by atoms with Gasteiger partial charge in [-0.1, -0.05) is 25.4 Å². The number of rotatable bonds is 4. The smallest absolute Gasteiger partial charge is 0.215 e. The minimum absolute atomic E-state index is 0.0453. The predicted molar refractivity (Wildman–Crippen MR) is 89.6 cm³/mol. The molecule has 2 N–H and O–H groups in total. The number of halogens is 1. The summed E-state index contributed by atoms with van der Waals surface area (Å²) in [5.41, 5.74) is -1.15. The Morgan fingerprint density at radius 2 is 2.09 bits per heavy atom. The third-order valence-electron chi connectivity index (χ3n) is 5.09. The van der Waals surface area contributed by atoms with Crippen molar-refractivity contribution in [3.63, 3.8) is 0 Å². The van der Waals surface area contributed by atoms with Crippen LogP contribution in [0.1, 0.15) is 32.5 Å². The molecular weight excluding hydrogens is 334 g/mol. The summed E-state index contributed by atoms with van der Waals surface area (Å²) in [5, 5.41) is 15.0. The number of nitrogens with zero attached hydrogens (tertiary/aromatic N) is 4. The van der Waals surface area contributed by atoms with E-state index in [0.717, 1.165) is 12.8 Å². The summed E-state index contributed by atoms with van der Waals surface area (Å²) in [6, 6.07) is 0. The van der Waals surface area contributed by atoms with Crippen LogP contribution >= 0.6 is 23.8 Å². The molecular formula is C15H20ClN5OS. The number of hydrogen-bond donors (Lipinski definition) is 2. The van der Waals surface area contributed by atoms with Crippen molar-refractivity contribution in [3.05, 3.63) is 34.3 Å². The molecule has 1 saturated carbocycles. The molecule has 0 aliphatic heterocycles. The lowest BCUT2D eigenvalue weighted by Gasteiger charge is -2.40. The standard InChI is InChI=1S/C15H20ClN5OS/c1-14(2)4-3-10(5-12-17-6-11(16)7-18-12)15(14,22)8-21-13(23)19-9-20-21/h6-7,9-10,22H,3-5,8H2,1-2H3,(H,19,20,23). The maximum atomic E-state index is 11.5. The van der Waals surface area contributed by atoms with Crippen LogP contribution in [0.2, 0.25) is 5.02 Å². The van der Waals surface area contributed by atoms with Gasteiger partial charge in [0.15, 0.2) is 0 Å². The molecule has 1 aliphatic rings. The van der Waals surface area contributed by atoms with E-state index in [1.54, 1.807) is 23.4 Å². The first-order valence-electron chi connectivity index (χ1n) is 7.61. The van der Waals surface area contributed by atoms with Gasteiger partial charge in [0.05, 0.1) is 17.2 Å². The molecule has 2 aromatic rings. The van der Waals surface area contributed by atoms with Crippen LogP contribution in [0.5, 0.6) is 0 Å². The van der Waals surface area contributed by atoms with Gasteiger partial charge in [-0.3, -0.25) is 9.78 Å². The van der Waals surface area contributed by atoms with E-state index >= 15 is 0 Å².